The van der Waals surface area contributed by atoms with Gasteiger partial charge in [0.05, 0.1) is 0 Å². The van der Waals surface area contributed by atoms with Crippen LogP contribution in [-0.4, -0.2) is 36.7 Å². The summed E-state index contributed by atoms with van der Waals surface area (Å²) < 4.78 is 4.89. The van der Waals surface area contributed by atoms with Crippen LogP contribution in [-0.2, 0) is 14.3 Å². The molecule has 21 heavy (non-hydrogen) atoms. The first kappa shape index (κ1) is 18.0. The molecule has 0 saturated heterocycles. The fraction of sp³-hybridized carbons (Fsp3) is 0.875. The van der Waals surface area contributed by atoms with E-state index in [0.29, 0.717) is 18.9 Å². The summed E-state index contributed by atoms with van der Waals surface area (Å²) in [5.41, 5.74) is 0.281. The molecule has 122 valence electrons. The van der Waals surface area contributed by atoms with Crippen LogP contribution in [0.2, 0.25) is 0 Å². The minimum absolute atomic E-state index is 0.0482. The minimum atomic E-state index is -0.997. The topological polar surface area (TPSA) is 75.6 Å². The van der Waals surface area contributed by atoms with Crippen molar-refractivity contribution in [2.45, 2.75) is 58.9 Å². The van der Waals surface area contributed by atoms with Gasteiger partial charge < -0.3 is 15.2 Å². The van der Waals surface area contributed by atoms with E-state index in [9.17, 15) is 9.59 Å². The van der Waals surface area contributed by atoms with Gasteiger partial charge in [-0.1, -0.05) is 20.8 Å². The van der Waals surface area contributed by atoms with Gasteiger partial charge in [-0.05, 0) is 37.0 Å². The second kappa shape index (κ2) is 7.78. The van der Waals surface area contributed by atoms with Crippen molar-refractivity contribution in [3.8, 4) is 0 Å². The highest BCUT2D eigenvalue weighted by atomic mass is 16.5. The number of amides is 1. The predicted octanol–water partition coefficient (Wildman–Crippen LogP) is 2.44. The van der Waals surface area contributed by atoms with E-state index < -0.39 is 12.0 Å². The van der Waals surface area contributed by atoms with Crippen molar-refractivity contribution in [2.75, 3.05) is 13.7 Å². The fourth-order valence-corrected chi connectivity index (χ4v) is 3.00. The van der Waals surface area contributed by atoms with Gasteiger partial charge in [0, 0.05) is 26.1 Å². The molecular formula is C16H29NO4. The number of hydrogen-bond acceptors (Lipinski definition) is 3. The van der Waals surface area contributed by atoms with Gasteiger partial charge in [-0.3, -0.25) is 4.79 Å². The Kier molecular flexibility index (Phi) is 6.65. The van der Waals surface area contributed by atoms with Gasteiger partial charge in [0.25, 0.3) is 0 Å². The van der Waals surface area contributed by atoms with Crippen molar-refractivity contribution < 1.29 is 19.4 Å². The molecule has 1 unspecified atom stereocenters. The molecule has 1 saturated carbocycles. The highest BCUT2D eigenvalue weighted by molar-refractivity contribution is 5.85. The monoisotopic (exact) mass is 299 g/mol. The van der Waals surface area contributed by atoms with Gasteiger partial charge in [-0.15, -0.1) is 0 Å². The Morgan fingerprint density at radius 3 is 2.24 bits per heavy atom. The molecule has 1 aliphatic rings. The third-order valence-corrected chi connectivity index (χ3v) is 4.55. The smallest absolute Gasteiger partial charge is 0.326 e. The molecule has 1 atom stereocenters. The lowest BCUT2D eigenvalue weighted by molar-refractivity contribution is -0.143. The number of methoxy groups -OCH3 is 1. The van der Waals surface area contributed by atoms with Gasteiger partial charge >= 0.3 is 5.97 Å². The molecule has 2 N–H and O–H groups in total. The Bertz CT molecular complexity index is 354. The van der Waals surface area contributed by atoms with Crippen molar-refractivity contribution in [2.24, 2.45) is 17.3 Å². The molecule has 0 aromatic heterocycles. The Balaban J connectivity index is 2.47. The maximum absolute atomic E-state index is 12.2. The van der Waals surface area contributed by atoms with E-state index in [1.807, 2.05) is 0 Å². The van der Waals surface area contributed by atoms with Crippen LogP contribution in [0.5, 0.6) is 0 Å². The molecule has 0 aliphatic heterocycles. The quantitative estimate of drug-likeness (QED) is 0.790. The van der Waals surface area contributed by atoms with Crippen LogP contribution in [0.4, 0.5) is 0 Å². The highest BCUT2D eigenvalue weighted by Crippen LogP contribution is 2.39. The van der Waals surface area contributed by atoms with E-state index >= 15 is 0 Å². The third kappa shape index (κ3) is 5.65. The highest BCUT2D eigenvalue weighted by Gasteiger charge is 2.33. The standard InChI is InChI=1S/C16H29NO4/c1-16(2,3)12-7-5-11(6-8-12)14(18)17-13(15(19)20)9-10-21-4/h11-13H,5-10H2,1-4H3,(H,17,18)(H,19,20). The number of nitrogens with one attached hydrogen (secondary N) is 1. The zero-order chi connectivity index (χ0) is 16.0. The maximum atomic E-state index is 12.2. The minimum Gasteiger partial charge on any atom is -0.480 e. The Morgan fingerprint density at radius 1 is 1.24 bits per heavy atom. The van der Waals surface area contributed by atoms with Crippen molar-refractivity contribution in [3.05, 3.63) is 0 Å². The first-order valence-corrected chi connectivity index (χ1v) is 7.77. The maximum Gasteiger partial charge on any atom is 0.326 e. The molecule has 0 aromatic rings. The van der Waals surface area contributed by atoms with Crippen LogP contribution >= 0.6 is 0 Å². The van der Waals surface area contributed by atoms with Crippen LogP contribution in [0.1, 0.15) is 52.9 Å². The molecule has 0 radical (unpaired) electrons. The number of carboxylic acids is 1. The van der Waals surface area contributed by atoms with Crippen LogP contribution in [0.25, 0.3) is 0 Å². The van der Waals surface area contributed by atoms with E-state index in [4.69, 9.17) is 9.84 Å². The Labute approximate surface area is 127 Å². The summed E-state index contributed by atoms with van der Waals surface area (Å²) in [7, 11) is 1.52. The molecule has 1 aliphatic carbocycles. The summed E-state index contributed by atoms with van der Waals surface area (Å²) in [6.45, 7) is 7.05. The summed E-state index contributed by atoms with van der Waals surface area (Å²) in [6, 6.07) is -0.849. The van der Waals surface area contributed by atoms with Crippen LogP contribution in [0, 0.1) is 17.3 Å². The van der Waals surface area contributed by atoms with Gasteiger partial charge in [-0.2, -0.15) is 0 Å². The first-order chi connectivity index (χ1) is 9.75. The summed E-state index contributed by atoms with van der Waals surface area (Å²) in [6.07, 6.45) is 4.08. The second-order valence-electron chi connectivity index (χ2n) is 7.10. The van der Waals surface area contributed by atoms with Crippen LogP contribution < -0.4 is 5.32 Å². The summed E-state index contributed by atoms with van der Waals surface area (Å²) in [5, 5.41) is 11.8. The average Bonchev–Trinajstić information content (AvgIpc) is 2.42. The molecule has 0 bridgehead atoms. The van der Waals surface area contributed by atoms with Crippen molar-refractivity contribution in [1.82, 2.24) is 5.32 Å². The van der Waals surface area contributed by atoms with E-state index in [-0.39, 0.29) is 17.2 Å². The SMILES string of the molecule is COCCC(NC(=O)C1CCC(C(C)(C)C)CC1)C(=O)O. The van der Waals surface area contributed by atoms with Gasteiger partial charge in [0.2, 0.25) is 5.91 Å². The Hall–Kier alpha value is -1.10. The molecule has 5 nitrogen and oxygen atoms in total. The lowest BCUT2D eigenvalue weighted by Crippen LogP contribution is -2.45. The zero-order valence-corrected chi connectivity index (χ0v) is 13.6. The van der Waals surface area contributed by atoms with Gasteiger partial charge in [0.1, 0.15) is 6.04 Å². The molecule has 0 spiro atoms. The molecular weight excluding hydrogens is 270 g/mol. The average molecular weight is 299 g/mol. The van der Waals surface area contributed by atoms with Gasteiger partial charge in [0.15, 0.2) is 0 Å². The molecule has 5 heteroatoms. The van der Waals surface area contributed by atoms with E-state index in [1.54, 1.807) is 0 Å². The number of carbonyl (C=O) groups excluding carboxylic acids is 1. The van der Waals surface area contributed by atoms with Crippen LogP contribution in [0.3, 0.4) is 0 Å². The summed E-state index contributed by atoms with van der Waals surface area (Å²) >= 11 is 0. The zero-order valence-electron chi connectivity index (χ0n) is 13.6. The van der Waals surface area contributed by atoms with Crippen LogP contribution in [0.15, 0.2) is 0 Å². The number of carbonyl (C=O) groups is 2. The van der Waals surface area contributed by atoms with E-state index in [0.717, 1.165) is 25.7 Å². The van der Waals surface area contributed by atoms with Crippen molar-refractivity contribution in [3.63, 3.8) is 0 Å². The van der Waals surface area contributed by atoms with Crippen molar-refractivity contribution >= 4 is 11.9 Å². The van der Waals surface area contributed by atoms with Gasteiger partial charge in [-0.25, -0.2) is 4.79 Å². The molecule has 1 amide bonds. The van der Waals surface area contributed by atoms with E-state index in [1.165, 1.54) is 7.11 Å². The predicted molar refractivity (Wildman–Crippen MR) is 81.0 cm³/mol. The largest absolute Gasteiger partial charge is 0.480 e. The number of ether oxygens (including phenoxy) is 1. The molecule has 1 rings (SSSR count). The first-order valence-electron chi connectivity index (χ1n) is 7.77. The molecule has 0 heterocycles. The number of aliphatic carboxylic acids is 1. The number of carboxylic acid groups (broad SMARTS) is 1. The lowest BCUT2D eigenvalue weighted by atomic mass is 9.69. The Morgan fingerprint density at radius 2 is 1.81 bits per heavy atom. The lowest BCUT2D eigenvalue weighted by Gasteiger charge is -2.36. The normalized spacial score (nSPS) is 24.4. The molecule has 0 aromatic carbocycles. The molecule has 1 fully saturated rings. The van der Waals surface area contributed by atoms with E-state index in [2.05, 4.69) is 26.1 Å². The summed E-state index contributed by atoms with van der Waals surface area (Å²) in [5.74, 6) is -0.520. The fourth-order valence-electron chi connectivity index (χ4n) is 3.00. The second-order valence-corrected chi connectivity index (χ2v) is 7.10. The number of hydrogen-bond donors (Lipinski definition) is 2. The summed E-state index contributed by atoms with van der Waals surface area (Å²) in [4.78, 5) is 23.4. The van der Waals surface area contributed by atoms with Crippen molar-refractivity contribution in [1.29, 1.82) is 0 Å². The third-order valence-electron chi connectivity index (χ3n) is 4.55. The number of rotatable bonds is 6.